The maximum absolute atomic E-state index is 6.03. The first-order valence-electron chi connectivity index (χ1n) is 5.15. The molecule has 1 aliphatic rings. The molecule has 0 amide bonds. The predicted octanol–water partition coefficient (Wildman–Crippen LogP) is 2.67. The molecule has 15 heavy (non-hydrogen) atoms. The highest BCUT2D eigenvalue weighted by Crippen LogP contribution is 2.23. The zero-order chi connectivity index (χ0) is 10.7. The molecule has 0 bridgehead atoms. The van der Waals surface area contributed by atoms with Gasteiger partial charge in [0.05, 0.1) is 0 Å². The number of hydrogen-bond donors (Lipinski definition) is 0. The van der Waals surface area contributed by atoms with Gasteiger partial charge in [-0.1, -0.05) is 17.7 Å². The van der Waals surface area contributed by atoms with E-state index in [0.717, 1.165) is 12.1 Å². The standard InChI is InChI=1S/C11H15ClN2S/c1-14(10-4-6-15-8-10)7-9-3-2-5-13-11(9)12/h2-3,5,10H,4,6-8H2,1H3. The third-order valence-corrected chi connectivity index (χ3v) is 4.27. The van der Waals surface area contributed by atoms with Gasteiger partial charge in [-0.2, -0.15) is 11.8 Å². The molecule has 1 unspecified atom stereocenters. The average molecular weight is 243 g/mol. The number of aromatic nitrogens is 1. The van der Waals surface area contributed by atoms with Crippen molar-refractivity contribution in [2.24, 2.45) is 0 Å². The van der Waals surface area contributed by atoms with Crippen LogP contribution >= 0.6 is 23.4 Å². The molecule has 0 N–H and O–H groups in total. The molecule has 1 aliphatic heterocycles. The minimum Gasteiger partial charge on any atom is -0.298 e. The van der Waals surface area contributed by atoms with Crippen molar-refractivity contribution >= 4 is 23.4 Å². The Morgan fingerprint density at radius 2 is 2.53 bits per heavy atom. The van der Waals surface area contributed by atoms with Gasteiger partial charge in [-0.3, -0.25) is 4.90 Å². The summed E-state index contributed by atoms with van der Waals surface area (Å²) in [4.78, 5) is 6.47. The summed E-state index contributed by atoms with van der Waals surface area (Å²) in [6.07, 6.45) is 3.02. The summed E-state index contributed by atoms with van der Waals surface area (Å²) < 4.78 is 0. The molecule has 1 aromatic rings. The molecule has 1 saturated heterocycles. The van der Waals surface area contributed by atoms with Crippen LogP contribution in [-0.2, 0) is 6.54 Å². The Balaban J connectivity index is 1.99. The molecular weight excluding hydrogens is 228 g/mol. The molecular formula is C11H15ClN2S. The fourth-order valence-corrected chi connectivity index (χ4v) is 3.28. The van der Waals surface area contributed by atoms with E-state index in [0.29, 0.717) is 11.2 Å². The Labute approximate surface area is 100 Å². The van der Waals surface area contributed by atoms with E-state index >= 15 is 0 Å². The van der Waals surface area contributed by atoms with Crippen molar-refractivity contribution in [1.29, 1.82) is 0 Å². The monoisotopic (exact) mass is 242 g/mol. The quantitative estimate of drug-likeness (QED) is 0.759. The number of halogens is 1. The molecule has 2 rings (SSSR count). The Kier molecular flexibility index (Phi) is 3.89. The molecule has 1 aromatic heterocycles. The summed E-state index contributed by atoms with van der Waals surface area (Å²) in [7, 11) is 2.17. The van der Waals surface area contributed by atoms with Gasteiger partial charge in [0, 0.05) is 30.1 Å². The van der Waals surface area contributed by atoms with E-state index in [2.05, 4.69) is 16.9 Å². The smallest absolute Gasteiger partial charge is 0.133 e. The van der Waals surface area contributed by atoms with E-state index in [1.54, 1.807) is 6.20 Å². The molecule has 2 nitrogen and oxygen atoms in total. The van der Waals surface area contributed by atoms with E-state index in [-0.39, 0.29) is 0 Å². The second kappa shape index (κ2) is 5.19. The largest absolute Gasteiger partial charge is 0.298 e. The van der Waals surface area contributed by atoms with Crippen LogP contribution in [0.1, 0.15) is 12.0 Å². The molecule has 2 heterocycles. The Hall–Kier alpha value is -0.250. The minimum atomic E-state index is 0.634. The van der Waals surface area contributed by atoms with Crippen LogP contribution in [0.25, 0.3) is 0 Å². The molecule has 0 aromatic carbocycles. The van der Waals surface area contributed by atoms with Crippen molar-refractivity contribution in [3.8, 4) is 0 Å². The van der Waals surface area contributed by atoms with Crippen LogP contribution < -0.4 is 0 Å². The van der Waals surface area contributed by atoms with Crippen molar-refractivity contribution in [1.82, 2.24) is 9.88 Å². The normalized spacial score (nSPS) is 21.1. The number of pyridine rings is 1. The fraction of sp³-hybridized carbons (Fsp3) is 0.545. The highest BCUT2D eigenvalue weighted by atomic mass is 35.5. The van der Waals surface area contributed by atoms with E-state index in [9.17, 15) is 0 Å². The molecule has 1 atom stereocenters. The van der Waals surface area contributed by atoms with Gasteiger partial charge in [-0.15, -0.1) is 0 Å². The third-order valence-electron chi connectivity index (χ3n) is 2.79. The summed E-state index contributed by atoms with van der Waals surface area (Å²) in [6, 6.07) is 4.69. The minimum absolute atomic E-state index is 0.634. The predicted molar refractivity (Wildman–Crippen MR) is 66.4 cm³/mol. The Morgan fingerprint density at radius 1 is 1.67 bits per heavy atom. The summed E-state index contributed by atoms with van der Waals surface area (Å²) in [5, 5.41) is 0.634. The first-order valence-corrected chi connectivity index (χ1v) is 6.68. The van der Waals surface area contributed by atoms with Crippen LogP contribution in [0.2, 0.25) is 5.15 Å². The van der Waals surface area contributed by atoms with Crippen LogP contribution in [0.15, 0.2) is 18.3 Å². The second-order valence-electron chi connectivity index (χ2n) is 3.89. The van der Waals surface area contributed by atoms with Crippen LogP contribution in [0.5, 0.6) is 0 Å². The summed E-state index contributed by atoms with van der Waals surface area (Å²) in [5.74, 6) is 2.53. The van der Waals surface area contributed by atoms with E-state index in [1.165, 1.54) is 17.9 Å². The first-order chi connectivity index (χ1) is 7.27. The van der Waals surface area contributed by atoms with Gasteiger partial charge in [0.1, 0.15) is 5.15 Å². The van der Waals surface area contributed by atoms with Crippen molar-refractivity contribution < 1.29 is 0 Å². The summed E-state index contributed by atoms with van der Waals surface area (Å²) in [6.45, 7) is 0.901. The lowest BCUT2D eigenvalue weighted by atomic mass is 10.2. The van der Waals surface area contributed by atoms with Crippen molar-refractivity contribution in [3.05, 3.63) is 29.0 Å². The molecule has 0 aliphatic carbocycles. The zero-order valence-electron chi connectivity index (χ0n) is 8.82. The summed E-state index contributed by atoms with van der Waals surface area (Å²) >= 11 is 8.07. The van der Waals surface area contributed by atoms with E-state index < -0.39 is 0 Å². The van der Waals surface area contributed by atoms with Crippen molar-refractivity contribution in [2.75, 3.05) is 18.6 Å². The lowest BCUT2D eigenvalue weighted by Gasteiger charge is -2.23. The van der Waals surface area contributed by atoms with Gasteiger partial charge >= 0.3 is 0 Å². The average Bonchev–Trinajstić information content (AvgIpc) is 2.74. The van der Waals surface area contributed by atoms with Gasteiger partial charge in [-0.05, 0) is 25.3 Å². The number of nitrogens with zero attached hydrogens (tertiary/aromatic N) is 2. The lowest BCUT2D eigenvalue weighted by molar-refractivity contribution is 0.254. The van der Waals surface area contributed by atoms with Crippen LogP contribution in [0.3, 0.4) is 0 Å². The molecule has 1 fully saturated rings. The van der Waals surface area contributed by atoms with Gasteiger partial charge < -0.3 is 0 Å². The summed E-state index contributed by atoms with van der Waals surface area (Å²) in [5.41, 5.74) is 1.12. The molecule has 82 valence electrons. The maximum Gasteiger partial charge on any atom is 0.133 e. The SMILES string of the molecule is CN(Cc1cccnc1Cl)C1CCSC1. The molecule has 0 saturated carbocycles. The van der Waals surface area contributed by atoms with Gasteiger partial charge in [0.25, 0.3) is 0 Å². The molecule has 4 heteroatoms. The zero-order valence-corrected chi connectivity index (χ0v) is 10.4. The number of rotatable bonds is 3. The lowest BCUT2D eigenvalue weighted by Crippen LogP contribution is -2.30. The van der Waals surface area contributed by atoms with Gasteiger partial charge in [-0.25, -0.2) is 4.98 Å². The van der Waals surface area contributed by atoms with Crippen LogP contribution in [-0.4, -0.2) is 34.5 Å². The maximum atomic E-state index is 6.03. The van der Waals surface area contributed by atoms with Gasteiger partial charge in [0.2, 0.25) is 0 Å². The van der Waals surface area contributed by atoms with Crippen molar-refractivity contribution in [3.63, 3.8) is 0 Å². The van der Waals surface area contributed by atoms with Crippen LogP contribution in [0, 0.1) is 0 Å². The first kappa shape index (κ1) is 11.2. The van der Waals surface area contributed by atoms with E-state index in [4.69, 9.17) is 11.6 Å². The Bertz CT molecular complexity index is 326. The highest BCUT2D eigenvalue weighted by molar-refractivity contribution is 7.99. The highest BCUT2D eigenvalue weighted by Gasteiger charge is 2.20. The van der Waals surface area contributed by atoms with Crippen molar-refractivity contribution in [2.45, 2.75) is 19.0 Å². The second-order valence-corrected chi connectivity index (χ2v) is 5.39. The van der Waals surface area contributed by atoms with Gasteiger partial charge in [0.15, 0.2) is 0 Å². The Morgan fingerprint density at radius 3 is 3.20 bits per heavy atom. The number of thioether (sulfide) groups is 1. The third kappa shape index (κ3) is 2.86. The molecule has 0 radical (unpaired) electrons. The van der Waals surface area contributed by atoms with E-state index in [1.807, 2.05) is 23.9 Å². The van der Waals surface area contributed by atoms with Crippen LogP contribution in [0.4, 0.5) is 0 Å². The number of hydrogen-bond acceptors (Lipinski definition) is 3. The fourth-order valence-electron chi connectivity index (χ4n) is 1.80. The molecule has 0 spiro atoms. The topological polar surface area (TPSA) is 16.1 Å².